The second kappa shape index (κ2) is 7.74. The van der Waals surface area contributed by atoms with Gasteiger partial charge in [0.2, 0.25) is 0 Å². The van der Waals surface area contributed by atoms with Crippen molar-refractivity contribution in [2.24, 2.45) is 0 Å². The number of thiophene rings is 1. The molecule has 9 heteroatoms. The molecule has 0 aliphatic rings. The molecule has 148 valence electrons. The summed E-state index contributed by atoms with van der Waals surface area (Å²) in [6, 6.07) is 13.5. The second-order valence-corrected chi connectivity index (χ2v) is 7.93. The summed E-state index contributed by atoms with van der Waals surface area (Å²) in [7, 11) is 0. The first-order valence-electron chi connectivity index (χ1n) is 9.13. The van der Waals surface area contributed by atoms with Crippen LogP contribution in [0, 0.1) is 0 Å². The third-order valence-corrected chi connectivity index (χ3v) is 5.86. The monoisotopic (exact) mass is 434 g/mol. The Morgan fingerprint density at radius 3 is 2.83 bits per heavy atom. The van der Waals surface area contributed by atoms with Gasteiger partial charge in [0.05, 0.1) is 35.2 Å². The first-order chi connectivity index (χ1) is 14.7. The van der Waals surface area contributed by atoms with Gasteiger partial charge in [-0.05, 0) is 29.1 Å². The Morgan fingerprint density at radius 2 is 2.00 bits per heavy atom. The van der Waals surface area contributed by atoms with Crippen LogP contribution in [-0.4, -0.2) is 30.3 Å². The molecule has 5 aromatic rings. The maximum atomic E-state index is 12.8. The summed E-state index contributed by atoms with van der Waals surface area (Å²) in [5, 5.41) is 14.2. The molecular weight excluding hydrogens is 420 g/mol. The number of hydrogen-bond acceptors (Lipinski definition) is 5. The number of carbonyl (C=O) groups is 1. The van der Waals surface area contributed by atoms with Crippen molar-refractivity contribution in [3.8, 4) is 10.6 Å². The van der Waals surface area contributed by atoms with Gasteiger partial charge in [0, 0.05) is 17.4 Å². The van der Waals surface area contributed by atoms with Crippen molar-refractivity contribution in [1.82, 2.24) is 24.4 Å². The van der Waals surface area contributed by atoms with E-state index in [4.69, 9.17) is 11.6 Å². The molecule has 0 bridgehead atoms. The van der Waals surface area contributed by atoms with E-state index in [0.717, 1.165) is 16.1 Å². The van der Waals surface area contributed by atoms with Crippen molar-refractivity contribution < 1.29 is 4.79 Å². The Bertz CT molecular complexity index is 1340. The van der Waals surface area contributed by atoms with Crippen LogP contribution in [0.4, 0.5) is 5.69 Å². The number of fused-ring (bicyclic) bond motifs is 1. The van der Waals surface area contributed by atoms with Gasteiger partial charge >= 0.3 is 0 Å². The third-order valence-electron chi connectivity index (χ3n) is 4.60. The summed E-state index contributed by atoms with van der Waals surface area (Å²) < 4.78 is 3.40. The van der Waals surface area contributed by atoms with Gasteiger partial charge in [-0.15, -0.1) is 11.3 Å². The number of aromatic nitrogens is 5. The predicted octanol–water partition coefficient (Wildman–Crippen LogP) is 4.61. The van der Waals surface area contributed by atoms with Crippen molar-refractivity contribution in [3.05, 3.63) is 88.8 Å². The maximum Gasteiger partial charge on any atom is 0.261 e. The van der Waals surface area contributed by atoms with Crippen LogP contribution in [0.3, 0.4) is 0 Å². The van der Waals surface area contributed by atoms with Crippen LogP contribution >= 0.6 is 22.9 Å². The highest BCUT2D eigenvalue weighted by Gasteiger charge is 2.17. The maximum absolute atomic E-state index is 12.8. The van der Waals surface area contributed by atoms with Crippen molar-refractivity contribution >= 4 is 40.2 Å². The normalized spacial score (nSPS) is 11.1. The standard InChI is InChI=1S/C21H15ClN6OS/c22-17-5-2-1-4-14(17)12-27-13-15(10-24-27)26-21(29)16-11-25-28-18(7-8-23-20(16)28)19-6-3-9-30-19/h1-11,13H,12H2,(H,26,29). The number of hydrogen-bond donors (Lipinski definition) is 1. The Morgan fingerprint density at radius 1 is 1.10 bits per heavy atom. The molecule has 4 aromatic heterocycles. The van der Waals surface area contributed by atoms with E-state index in [-0.39, 0.29) is 5.91 Å². The van der Waals surface area contributed by atoms with Crippen LogP contribution in [0.1, 0.15) is 15.9 Å². The molecule has 0 spiro atoms. The minimum Gasteiger partial charge on any atom is -0.319 e. The number of anilines is 1. The van der Waals surface area contributed by atoms with Gasteiger partial charge in [0.25, 0.3) is 5.91 Å². The van der Waals surface area contributed by atoms with Crippen LogP contribution in [-0.2, 0) is 6.54 Å². The lowest BCUT2D eigenvalue weighted by atomic mass is 10.2. The molecule has 0 aliphatic heterocycles. The van der Waals surface area contributed by atoms with Gasteiger partial charge in [-0.2, -0.15) is 10.2 Å². The molecular formula is C21H15ClN6OS. The zero-order chi connectivity index (χ0) is 20.5. The summed E-state index contributed by atoms with van der Waals surface area (Å²) >= 11 is 7.82. The number of amides is 1. The molecule has 0 radical (unpaired) electrons. The molecule has 0 aliphatic carbocycles. The van der Waals surface area contributed by atoms with Gasteiger partial charge in [0.1, 0.15) is 5.56 Å². The molecule has 0 saturated heterocycles. The van der Waals surface area contributed by atoms with Crippen molar-refractivity contribution in [2.75, 3.05) is 5.32 Å². The smallest absolute Gasteiger partial charge is 0.261 e. The lowest BCUT2D eigenvalue weighted by molar-refractivity contribution is 0.102. The zero-order valence-electron chi connectivity index (χ0n) is 15.6. The number of benzene rings is 1. The number of nitrogens with zero attached hydrogens (tertiary/aromatic N) is 5. The number of nitrogens with one attached hydrogen (secondary N) is 1. The van der Waals surface area contributed by atoms with E-state index in [2.05, 4.69) is 20.5 Å². The summed E-state index contributed by atoms with van der Waals surface area (Å²) in [4.78, 5) is 18.3. The van der Waals surface area contributed by atoms with Crippen molar-refractivity contribution in [2.45, 2.75) is 6.54 Å². The predicted molar refractivity (Wildman–Crippen MR) is 117 cm³/mol. The van der Waals surface area contributed by atoms with Crippen LogP contribution in [0.2, 0.25) is 5.02 Å². The highest BCUT2D eigenvalue weighted by Crippen LogP contribution is 2.25. The van der Waals surface area contributed by atoms with E-state index in [9.17, 15) is 4.79 Å². The Kier molecular flexibility index (Phi) is 4.78. The molecule has 30 heavy (non-hydrogen) atoms. The molecule has 0 fully saturated rings. The lowest BCUT2D eigenvalue weighted by Gasteiger charge is -2.04. The fraction of sp³-hybridized carbons (Fsp3) is 0.0476. The van der Waals surface area contributed by atoms with Crippen LogP contribution < -0.4 is 5.32 Å². The van der Waals surface area contributed by atoms with Gasteiger partial charge in [-0.3, -0.25) is 9.48 Å². The first kappa shape index (κ1) is 18.5. The molecule has 1 amide bonds. The molecule has 4 heterocycles. The summed E-state index contributed by atoms with van der Waals surface area (Å²) in [5.74, 6) is -0.293. The molecule has 7 nitrogen and oxygen atoms in total. The second-order valence-electron chi connectivity index (χ2n) is 6.57. The van der Waals surface area contributed by atoms with E-state index < -0.39 is 0 Å². The molecule has 0 saturated carbocycles. The van der Waals surface area contributed by atoms with Gasteiger partial charge < -0.3 is 5.32 Å². The number of carbonyl (C=O) groups excluding carboxylic acids is 1. The molecule has 0 unspecified atom stereocenters. The summed E-state index contributed by atoms with van der Waals surface area (Å²) in [6.45, 7) is 0.512. The summed E-state index contributed by atoms with van der Waals surface area (Å²) in [5.41, 5.74) is 3.32. The molecule has 0 atom stereocenters. The zero-order valence-corrected chi connectivity index (χ0v) is 17.1. The minimum absolute atomic E-state index is 0.293. The Labute approximate surface area is 180 Å². The van der Waals surface area contributed by atoms with Gasteiger partial charge in [0.15, 0.2) is 5.65 Å². The van der Waals surface area contributed by atoms with Gasteiger partial charge in [-0.1, -0.05) is 35.9 Å². The summed E-state index contributed by atoms with van der Waals surface area (Å²) in [6.07, 6.45) is 6.58. The minimum atomic E-state index is -0.293. The highest BCUT2D eigenvalue weighted by atomic mass is 35.5. The Balaban J connectivity index is 1.38. The fourth-order valence-corrected chi connectivity index (χ4v) is 4.11. The van der Waals surface area contributed by atoms with E-state index >= 15 is 0 Å². The average Bonchev–Trinajstić information content (AvgIpc) is 3.50. The Hall–Kier alpha value is -3.49. The third kappa shape index (κ3) is 3.47. The largest absolute Gasteiger partial charge is 0.319 e. The van der Waals surface area contributed by atoms with E-state index in [1.54, 1.807) is 39.1 Å². The van der Waals surface area contributed by atoms with Crippen molar-refractivity contribution in [1.29, 1.82) is 0 Å². The SMILES string of the molecule is O=C(Nc1cnn(Cc2ccccc2Cl)c1)c1cnn2c(-c3cccs3)ccnc12. The quantitative estimate of drug-likeness (QED) is 0.438. The molecule has 5 rings (SSSR count). The number of halogens is 1. The highest BCUT2D eigenvalue weighted by molar-refractivity contribution is 7.13. The van der Waals surface area contributed by atoms with Crippen LogP contribution in [0.25, 0.3) is 16.2 Å². The first-order valence-corrected chi connectivity index (χ1v) is 10.4. The molecule has 1 N–H and O–H groups in total. The van der Waals surface area contributed by atoms with Crippen LogP contribution in [0.5, 0.6) is 0 Å². The fourth-order valence-electron chi connectivity index (χ4n) is 3.18. The van der Waals surface area contributed by atoms with E-state index in [1.807, 2.05) is 47.8 Å². The van der Waals surface area contributed by atoms with E-state index in [0.29, 0.717) is 28.5 Å². The lowest BCUT2D eigenvalue weighted by Crippen LogP contribution is -2.11. The van der Waals surface area contributed by atoms with Crippen molar-refractivity contribution in [3.63, 3.8) is 0 Å². The topological polar surface area (TPSA) is 77.1 Å². The molecule has 1 aromatic carbocycles. The van der Waals surface area contributed by atoms with Crippen LogP contribution in [0.15, 0.2) is 72.6 Å². The average molecular weight is 435 g/mol. The van der Waals surface area contributed by atoms with Gasteiger partial charge in [-0.25, -0.2) is 9.50 Å². The number of rotatable bonds is 5. The van der Waals surface area contributed by atoms with E-state index in [1.165, 1.54) is 6.20 Å².